The van der Waals surface area contributed by atoms with Gasteiger partial charge in [-0.25, -0.2) is 0 Å². The fraction of sp³-hybridized carbons (Fsp3) is 0.176. The Balaban J connectivity index is 1.57. The third-order valence-corrected chi connectivity index (χ3v) is 3.08. The average Bonchev–Trinajstić information content (AvgIpc) is 2.52. The van der Waals surface area contributed by atoms with E-state index < -0.39 is 0 Å². The Hall–Kier alpha value is -2.42. The van der Waals surface area contributed by atoms with E-state index in [0.717, 1.165) is 23.7 Å². The molecular weight excluding hydrogens is 250 g/mol. The van der Waals surface area contributed by atoms with Crippen molar-refractivity contribution in [3.05, 3.63) is 60.2 Å². The Labute approximate surface area is 118 Å². The molecule has 20 heavy (non-hydrogen) atoms. The van der Waals surface area contributed by atoms with E-state index in [1.54, 1.807) is 0 Å². The van der Waals surface area contributed by atoms with Gasteiger partial charge < -0.3 is 14.8 Å². The van der Waals surface area contributed by atoms with E-state index in [1.807, 2.05) is 36.4 Å². The number of hydrogen-bond acceptors (Lipinski definition) is 3. The van der Waals surface area contributed by atoms with Crippen LogP contribution in [0.1, 0.15) is 5.56 Å². The molecule has 3 rings (SSSR count). The predicted octanol–water partition coefficient (Wildman–Crippen LogP) is 3.58. The van der Waals surface area contributed by atoms with E-state index in [0.29, 0.717) is 13.2 Å². The average molecular weight is 267 g/mol. The zero-order valence-corrected chi connectivity index (χ0v) is 11.2. The van der Waals surface area contributed by atoms with Gasteiger partial charge >= 0.3 is 0 Å². The molecule has 0 amide bonds. The summed E-state index contributed by atoms with van der Waals surface area (Å²) in [6.45, 7) is 2.01. The second-order valence-corrected chi connectivity index (χ2v) is 4.55. The number of rotatable bonds is 4. The summed E-state index contributed by atoms with van der Waals surface area (Å²) in [7, 11) is 0. The van der Waals surface area contributed by atoms with Crippen LogP contribution in [0.25, 0.3) is 6.08 Å². The van der Waals surface area contributed by atoms with E-state index in [1.165, 1.54) is 5.56 Å². The number of fused-ring (bicyclic) bond motifs is 1. The van der Waals surface area contributed by atoms with Gasteiger partial charge in [-0.05, 0) is 17.7 Å². The van der Waals surface area contributed by atoms with Gasteiger partial charge in [-0.3, -0.25) is 0 Å². The molecule has 0 saturated carbocycles. The molecule has 0 aromatic heterocycles. The van der Waals surface area contributed by atoms with Crippen molar-refractivity contribution in [2.24, 2.45) is 0 Å². The maximum Gasteiger partial charge on any atom is 0.163 e. The summed E-state index contributed by atoms with van der Waals surface area (Å²) in [5, 5.41) is 3.34. The van der Waals surface area contributed by atoms with Gasteiger partial charge in [0.25, 0.3) is 0 Å². The minimum absolute atomic E-state index is 0.615. The summed E-state index contributed by atoms with van der Waals surface area (Å²) in [4.78, 5) is 0. The van der Waals surface area contributed by atoms with Crippen molar-refractivity contribution >= 4 is 11.8 Å². The van der Waals surface area contributed by atoms with Crippen LogP contribution >= 0.6 is 0 Å². The summed E-state index contributed by atoms with van der Waals surface area (Å²) in [5.41, 5.74) is 2.24. The van der Waals surface area contributed by atoms with Gasteiger partial charge in [-0.1, -0.05) is 42.5 Å². The zero-order chi connectivity index (χ0) is 13.6. The van der Waals surface area contributed by atoms with E-state index in [-0.39, 0.29) is 0 Å². The summed E-state index contributed by atoms with van der Waals surface area (Å²) >= 11 is 0. The molecule has 0 radical (unpaired) electrons. The van der Waals surface area contributed by atoms with Crippen molar-refractivity contribution in [3.63, 3.8) is 0 Å². The van der Waals surface area contributed by atoms with E-state index in [4.69, 9.17) is 9.47 Å². The van der Waals surface area contributed by atoms with Crippen molar-refractivity contribution in [1.29, 1.82) is 0 Å². The molecule has 1 aliphatic rings. The van der Waals surface area contributed by atoms with Gasteiger partial charge in [0.1, 0.15) is 13.2 Å². The van der Waals surface area contributed by atoms with Crippen LogP contribution in [-0.4, -0.2) is 19.8 Å². The molecule has 0 spiro atoms. The SMILES string of the molecule is C(=Cc1ccccc1)CNc1ccc2c(c1)OCCO2. The molecule has 2 aromatic rings. The van der Waals surface area contributed by atoms with Crippen LogP contribution in [0.3, 0.4) is 0 Å². The van der Waals surface area contributed by atoms with Gasteiger partial charge in [0, 0.05) is 18.3 Å². The first-order valence-corrected chi connectivity index (χ1v) is 6.77. The van der Waals surface area contributed by atoms with Crippen LogP contribution in [0.4, 0.5) is 5.69 Å². The molecule has 2 aromatic carbocycles. The third kappa shape index (κ3) is 3.12. The Bertz CT molecular complexity index is 593. The molecule has 1 aliphatic heterocycles. The number of benzene rings is 2. The van der Waals surface area contributed by atoms with Gasteiger partial charge in [-0.15, -0.1) is 0 Å². The minimum atomic E-state index is 0.615. The van der Waals surface area contributed by atoms with Crippen LogP contribution in [0.2, 0.25) is 0 Å². The quantitative estimate of drug-likeness (QED) is 0.918. The Morgan fingerprint density at radius 2 is 1.75 bits per heavy atom. The summed E-state index contributed by atoms with van der Waals surface area (Å²) in [5.74, 6) is 1.63. The van der Waals surface area contributed by atoms with Gasteiger partial charge in [-0.2, -0.15) is 0 Å². The molecule has 1 N–H and O–H groups in total. The Morgan fingerprint density at radius 1 is 0.950 bits per heavy atom. The number of nitrogens with one attached hydrogen (secondary N) is 1. The smallest absolute Gasteiger partial charge is 0.163 e. The molecule has 0 atom stereocenters. The molecule has 0 aliphatic carbocycles. The van der Waals surface area contributed by atoms with Crippen LogP contribution in [0.5, 0.6) is 11.5 Å². The van der Waals surface area contributed by atoms with Crippen LogP contribution < -0.4 is 14.8 Å². The molecule has 102 valence electrons. The summed E-state index contributed by atoms with van der Waals surface area (Å²) in [6.07, 6.45) is 4.21. The standard InChI is InChI=1S/C17H17NO2/c1-2-5-14(6-3-1)7-4-10-18-15-8-9-16-17(13-15)20-12-11-19-16/h1-9,13,18H,10-12H2. The van der Waals surface area contributed by atoms with E-state index >= 15 is 0 Å². The molecule has 0 unspecified atom stereocenters. The molecule has 0 fully saturated rings. The Morgan fingerprint density at radius 3 is 2.60 bits per heavy atom. The zero-order valence-electron chi connectivity index (χ0n) is 11.2. The highest BCUT2D eigenvalue weighted by atomic mass is 16.6. The lowest BCUT2D eigenvalue weighted by Crippen LogP contribution is -2.15. The summed E-state index contributed by atoms with van der Waals surface area (Å²) < 4.78 is 11.1. The first-order valence-electron chi connectivity index (χ1n) is 6.77. The maximum atomic E-state index is 5.56. The monoisotopic (exact) mass is 267 g/mol. The van der Waals surface area contributed by atoms with Crippen LogP contribution in [0, 0.1) is 0 Å². The maximum absolute atomic E-state index is 5.56. The van der Waals surface area contributed by atoms with Crippen molar-refractivity contribution in [2.75, 3.05) is 25.1 Å². The second-order valence-electron chi connectivity index (χ2n) is 4.55. The third-order valence-electron chi connectivity index (χ3n) is 3.08. The first-order chi connectivity index (χ1) is 9.92. The lowest BCUT2D eigenvalue weighted by Gasteiger charge is -2.19. The minimum Gasteiger partial charge on any atom is -0.486 e. The molecule has 0 saturated heterocycles. The van der Waals surface area contributed by atoms with Crippen molar-refractivity contribution < 1.29 is 9.47 Å². The van der Waals surface area contributed by atoms with Gasteiger partial charge in [0.15, 0.2) is 11.5 Å². The van der Waals surface area contributed by atoms with Crippen molar-refractivity contribution in [1.82, 2.24) is 0 Å². The molecule has 3 nitrogen and oxygen atoms in total. The normalized spacial score (nSPS) is 13.4. The fourth-order valence-electron chi connectivity index (χ4n) is 2.09. The Kier molecular flexibility index (Phi) is 3.88. The van der Waals surface area contributed by atoms with Crippen LogP contribution in [-0.2, 0) is 0 Å². The molecule has 1 heterocycles. The lowest BCUT2D eigenvalue weighted by atomic mass is 10.2. The van der Waals surface area contributed by atoms with Crippen molar-refractivity contribution in [3.8, 4) is 11.5 Å². The highest BCUT2D eigenvalue weighted by Gasteiger charge is 2.10. The molecule has 0 bridgehead atoms. The predicted molar refractivity (Wildman–Crippen MR) is 81.4 cm³/mol. The van der Waals surface area contributed by atoms with E-state index in [9.17, 15) is 0 Å². The van der Waals surface area contributed by atoms with Crippen molar-refractivity contribution in [2.45, 2.75) is 0 Å². The van der Waals surface area contributed by atoms with Crippen LogP contribution in [0.15, 0.2) is 54.6 Å². The summed E-state index contributed by atoms with van der Waals surface area (Å²) in [6, 6.07) is 16.2. The molecular formula is C17H17NO2. The first kappa shape index (κ1) is 12.6. The number of anilines is 1. The van der Waals surface area contributed by atoms with Gasteiger partial charge in [0.2, 0.25) is 0 Å². The topological polar surface area (TPSA) is 30.5 Å². The van der Waals surface area contributed by atoms with Gasteiger partial charge in [0.05, 0.1) is 0 Å². The lowest BCUT2D eigenvalue weighted by molar-refractivity contribution is 0.171. The second kappa shape index (κ2) is 6.15. The highest BCUT2D eigenvalue weighted by Crippen LogP contribution is 2.32. The largest absolute Gasteiger partial charge is 0.486 e. The molecule has 3 heteroatoms. The number of hydrogen-bond donors (Lipinski definition) is 1. The van der Waals surface area contributed by atoms with E-state index in [2.05, 4.69) is 29.6 Å². The highest BCUT2D eigenvalue weighted by molar-refractivity contribution is 5.56. The number of ether oxygens (including phenoxy) is 2. The fourth-order valence-corrected chi connectivity index (χ4v) is 2.09.